The van der Waals surface area contributed by atoms with Crippen LogP contribution in [0.2, 0.25) is 0 Å². The molecule has 0 atom stereocenters. The zero-order valence-corrected chi connectivity index (χ0v) is 11.1. The van der Waals surface area contributed by atoms with Crippen molar-refractivity contribution in [2.24, 2.45) is 7.05 Å². The smallest absolute Gasteiger partial charge is 0.162 e. The van der Waals surface area contributed by atoms with Crippen molar-refractivity contribution in [3.05, 3.63) is 12.5 Å². The van der Waals surface area contributed by atoms with E-state index < -0.39 is 9.84 Å². The number of aryl methyl sites for hydroxylation is 1. The highest BCUT2D eigenvalue weighted by Gasteiger charge is 2.09. The third-order valence-corrected chi connectivity index (χ3v) is 4.40. The van der Waals surface area contributed by atoms with Crippen LogP contribution >= 0.6 is 11.8 Å². The van der Waals surface area contributed by atoms with Crippen LogP contribution in [0, 0.1) is 0 Å². The van der Waals surface area contributed by atoms with Gasteiger partial charge >= 0.3 is 0 Å². The Hall–Kier alpha value is -1.15. The number of hydrogen-bond donors (Lipinski definition) is 0. The van der Waals surface area contributed by atoms with Crippen LogP contribution in [0.15, 0.2) is 17.6 Å². The van der Waals surface area contributed by atoms with Gasteiger partial charge in [0.15, 0.2) is 5.65 Å². The fraction of sp³-hybridized carbons (Fsp3) is 0.444. The zero-order valence-electron chi connectivity index (χ0n) is 9.49. The molecule has 0 amide bonds. The molecule has 0 aliphatic carbocycles. The lowest BCUT2D eigenvalue weighted by Crippen LogP contribution is -2.05. The van der Waals surface area contributed by atoms with E-state index in [0.717, 1.165) is 16.1 Å². The molecule has 0 N–H and O–H groups in total. The van der Waals surface area contributed by atoms with Crippen molar-refractivity contribution < 1.29 is 8.42 Å². The summed E-state index contributed by atoms with van der Waals surface area (Å²) in [7, 11) is -1.12. The van der Waals surface area contributed by atoms with Crippen LogP contribution in [0.1, 0.15) is 0 Å². The molecule has 0 unspecified atom stereocenters. The Kier molecular flexibility index (Phi) is 3.34. The SMILES string of the molecule is Cn1ncc2c(SCCS(C)(=O)=O)ncnc21. The molecule has 92 valence electrons. The molecule has 2 rings (SSSR count). The van der Waals surface area contributed by atoms with Crippen LogP contribution < -0.4 is 0 Å². The van der Waals surface area contributed by atoms with Gasteiger partial charge < -0.3 is 0 Å². The highest BCUT2D eigenvalue weighted by atomic mass is 32.2. The van der Waals surface area contributed by atoms with Crippen LogP contribution in [-0.4, -0.2) is 45.9 Å². The predicted octanol–water partition coefficient (Wildman–Crippen LogP) is 0.500. The van der Waals surface area contributed by atoms with Crippen molar-refractivity contribution in [1.82, 2.24) is 19.7 Å². The molecular weight excluding hydrogens is 260 g/mol. The van der Waals surface area contributed by atoms with Gasteiger partial charge in [0.1, 0.15) is 21.2 Å². The minimum Gasteiger partial charge on any atom is -0.250 e. The fourth-order valence-electron chi connectivity index (χ4n) is 1.35. The van der Waals surface area contributed by atoms with Crippen molar-refractivity contribution in [2.45, 2.75) is 5.03 Å². The number of aromatic nitrogens is 4. The Labute approximate surface area is 103 Å². The summed E-state index contributed by atoms with van der Waals surface area (Å²) in [6, 6.07) is 0. The van der Waals surface area contributed by atoms with Crippen molar-refractivity contribution in [2.75, 3.05) is 17.8 Å². The van der Waals surface area contributed by atoms with Gasteiger partial charge in [-0.2, -0.15) is 5.10 Å². The Morgan fingerprint density at radius 2 is 2.18 bits per heavy atom. The Morgan fingerprint density at radius 1 is 1.41 bits per heavy atom. The first-order valence-corrected chi connectivity index (χ1v) is 7.95. The van der Waals surface area contributed by atoms with E-state index >= 15 is 0 Å². The van der Waals surface area contributed by atoms with E-state index in [1.165, 1.54) is 24.3 Å². The second-order valence-electron chi connectivity index (χ2n) is 3.66. The molecular formula is C9H12N4O2S2. The van der Waals surface area contributed by atoms with Crippen molar-refractivity contribution >= 4 is 32.6 Å². The van der Waals surface area contributed by atoms with Crippen molar-refractivity contribution in [3.8, 4) is 0 Å². The first-order chi connectivity index (χ1) is 7.97. The number of rotatable bonds is 4. The van der Waals surface area contributed by atoms with Crippen LogP contribution in [0.4, 0.5) is 0 Å². The molecule has 0 aromatic carbocycles. The molecule has 6 nitrogen and oxygen atoms in total. The van der Waals surface area contributed by atoms with E-state index in [9.17, 15) is 8.42 Å². The maximum Gasteiger partial charge on any atom is 0.162 e. The molecule has 0 spiro atoms. The van der Waals surface area contributed by atoms with Crippen LogP contribution in [-0.2, 0) is 16.9 Å². The van der Waals surface area contributed by atoms with E-state index in [0.29, 0.717) is 5.75 Å². The summed E-state index contributed by atoms with van der Waals surface area (Å²) in [4.78, 5) is 8.26. The van der Waals surface area contributed by atoms with Gasteiger partial charge in [0.05, 0.1) is 17.3 Å². The number of hydrogen-bond acceptors (Lipinski definition) is 6. The monoisotopic (exact) mass is 272 g/mol. The second kappa shape index (κ2) is 4.61. The van der Waals surface area contributed by atoms with Gasteiger partial charge in [-0.05, 0) is 0 Å². The summed E-state index contributed by atoms with van der Waals surface area (Å²) >= 11 is 1.41. The molecule has 2 aromatic heterocycles. The maximum absolute atomic E-state index is 11.0. The van der Waals surface area contributed by atoms with Gasteiger partial charge in [-0.15, -0.1) is 11.8 Å². The van der Waals surface area contributed by atoms with Crippen LogP contribution in [0.3, 0.4) is 0 Å². The summed E-state index contributed by atoms with van der Waals surface area (Å²) in [5.41, 5.74) is 0.752. The van der Waals surface area contributed by atoms with Gasteiger partial charge in [0, 0.05) is 19.1 Å². The summed E-state index contributed by atoms with van der Waals surface area (Å²) in [6.45, 7) is 0. The molecule has 17 heavy (non-hydrogen) atoms. The van der Waals surface area contributed by atoms with Gasteiger partial charge in [-0.25, -0.2) is 18.4 Å². The number of fused-ring (bicyclic) bond motifs is 1. The third kappa shape index (κ3) is 2.95. The lowest BCUT2D eigenvalue weighted by Gasteiger charge is -2.01. The van der Waals surface area contributed by atoms with E-state index in [2.05, 4.69) is 15.1 Å². The molecule has 0 saturated carbocycles. The summed E-state index contributed by atoms with van der Waals surface area (Å²) < 4.78 is 23.7. The lowest BCUT2D eigenvalue weighted by molar-refractivity contribution is 0.603. The second-order valence-corrected chi connectivity index (χ2v) is 7.01. The topological polar surface area (TPSA) is 77.7 Å². The number of nitrogens with zero attached hydrogens (tertiary/aromatic N) is 4. The van der Waals surface area contributed by atoms with E-state index in [-0.39, 0.29) is 5.75 Å². The summed E-state index contributed by atoms with van der Waals surface area (Å²) in [5, 5.41) is 5.72. The molecule has 0 saturated heterocycles. The van der Waals surface area contributed by atoms with Gasteiger partial charge in [-0.1, -0.05) is 0 Å². The number of sulfone groups is 1. The lowest BCUT2D eigenvalue weighted by atomic mass is 10.4. The number of thioether (sulfide) groups is 1. The largest absolute Gasteiger partial charge is 0.250 e. The predicted molar refractivity (Wildman–Crippen MR) is 66.7 cm³/mol. The molecule has 0 aliphatic heterocycles. The average Bonchev–Trinajstić information content (AvgIpc) is 2.60. The van der Waals surface area contributed by atoms with E-state index in [1.807, 2.05) is 0 Å². The molecule has 0 aliphatic rings. The molecule has 0 fully saturated rings. The first-order valence-electron chi connectivity index (χ1n) is 4.90. The zero-order chi connectivity index (χ0) is 12.5. The van der Waals surface area contributed by atoms with Gasteiger partial charge in [-0.3, -0.25) is 4.68 Å². The first kappa shape index (κ1) is 12.3. The van der Waals surface area contributed by atoms with Crippen molar-refractivity contribution in [3.63, 3.8) is 0 Å². The van der Waals surface area contributed by atoms with Crippen molar-refractivity contribution in [1.29, 1.82) is 0 Å². The molecule has 2 heterocycles. The van der Waals surface area contributed by atoms with Gasteiger partial charge in [0.2, 0.25) is 0 Å². The Bertz CT molecular complexity index is 635. The third-order valence-electron chi connectivity index (χ3n) is 2.19. The van der Waals surface area contributed by atoms with E-state index in [1.54, 1.807) is 17.9 Å². The summed E-state index contributed by atoms with van der Waals surface area (Å²) in [6.07, 6.45) is 4.39. The Morgan fingerprint density at radius 3 is 2.88 bits per heavy atom. The highest BCUT2D eigenvalue weighted by molar-refractivity contribution is 8.00. The normalized spacial score (nSPS) is 12.1. The van der Waals surface area contributed by atoms with E-state index in [4.69, 9.17) is 0 Å². The summed E-state index contributed by atoms with van der Waals surface area (Å²) in [5.74, 6) is 0.628. The minimum absolute atomic E-state index is 0.142. The van der Waals surface area contributed by atoms with Crippen LogP contribution in [0.25, 0.3) is 11.0 Å². The molecule has 8 heteroatoms. The molecule has 0 radical (unpaired) electrons. The molecule has 0 bridgehead atoms. The fourth-order valence-corrected chi connectivity index (χ4v) is 3.50. The average molecular weight is 272 g/mol. The standard InChI is InChI=1S/C9H12N4O2S2/c1-13-8-7(5-12-13)9(11-6-10-8)16-3-4-17(2,14)15/h5-6H,3-4H2,1-2H3. The quantitative estimate of drug-likeness (QED) is 0.596. The van der Waals surface area contributed by atoms with Gasteiger partial charge in [0.25, 0.3) is 0 Å². The Balaban J connectivity index is 2.19. The molecule has 2 aromatic rings. The maximum atomic E-state index is 11.0. The van der Waals surface area contributed by atoms with Crippen LogP contribution in [0.5, 0.6) is 0 Å². The highest BCUT2D eigenvalue weighted by Crippen LogP contribution is 2.23. The minimum atomic E-state index is -2.93.